The van der Waals surface area contributed by atoms with E-state index in [0.29, 0.717) is 22.5 Å². The van der Waals surface area contributed by atoms with E-state index in [-0.39, 0.29) is 30.9 Å². The average molecular weight is 341 g/mol. The lowest BCUT2D eigenvalue weighted by atomic mass is 10.1. The lowest BCUT2D eigenvalue weighted by Gasteiger charge is -2.15. The zero-order chi connectivity index (χ0) is 18.2. The van der Waals surface area contributed by atoms with Gasteiger partial charge in [-0.2, -0.15) is 0 Å². The highest BCUT2D eigenvalue weighted by Crippen LogP contribution is 2.20. The standard InChI is InChI=1S/C19H23N3O3/c1-13-16(19(24)21-14-7-4-3-5-8-14)9-6-10-17(13)22-18(23)11-15(12-20)25-2/h3-10,15H,11-12,20H2,1-2H3,(H,21,24)(H,22,23). The maximum Gasteiger partial charge on any atom is 0.256 e. The lowest BCUT2D eigenvalue weighted by Crippen LogP contribution is -2.28. The molecule has 132 valence electrons. The molecule has 2 aromatic rings. The molecule has 0 aliphatic rings. The largest absolute Gasteiger partial charge is 0.380 e. The number of benzene rings is 2. The molecule has 6 heteroatoms. The van der Waals surface area contributed by atoms with Gasteiger partial charge in [-0.25, -0.2) is 0 Å². The molecule has 0 radical (unpaired) electrons. The van der Waals surface area contributed by atoms with Crippen molar-refractivity contribution in [1.82, 2.24) is 0 Å². The number of methoxy groups -OCH3 is 1. The molecule has 0 aromatic heterocycles. The Morgan fingerprint density at radius 2 is 1.80 bits per heavy atom. The highest BCUT2D eigenvalue weighted by atomic mass is 16.5. The molecule has 0 saturated heterocycles. The molecule has 6 nitrogen and oxygen atoms in total. The minimum Gasteiger partial charge on any atom is -0.380 e. The first-order valence-electron chi connectivity index (χ1n) is 8.04. The molecule has 0 bridgehead atoms. The van der Waals surface area contributed by atoms with Crippen molar-refractivity contribution in [3.8, 4) is 0 Å². The van der Waals surface area contributed by atoms with Crippen LogP contribution in [0.25, 0.3) is 0 Å². The molecular weight excluding hydrogens is 318 g/mol. The molecule has 4 N–H and O–H groups in total. The Labute approximate surface area is 147 Å². The summed E-state index contributed by atoms with van der Waals surface area (Å²) < 4.78 is 5.12. The van der Waals surface area contributed by atoms with E-state index >= 15 is 0 Å². The summed E-state index contributed by atoms with van der Waals surface area (Å²) in [4.78, 5) is 24.6. The van der Waals surface area contributed by atoms with E-state index in [1.54, 1.807) is 25.1 Å². The summed E-state index contributed by atoms with van der Waals surface area (Å²) in [6.45, 7) is 2.06. The minimum absolute atomic E-state index is 0.160. The molecule has 0 aliphatic heterocycles. The van der Waals surface area contributed by atoms with Crippen LogP contribution in [-0.4, -0.2) is 31.6 Å². The Balaban J connectivity index is 2.11. The molecule has 1 atom stereocenters. The smallest absolute Gasteiger partial charge is 0.256 e. The van der Waals surface area contributed by atoms with Crippen molar-refractivity contribution in [3.63, 3.8) is 0 Å². The van der Waals surface area contributed by atoms with Gasteiger partial charge in [0.2, 0.25) is 5.91 Å². The van der Waals surface area contributed by atoms with Crippen LogP contribution in [0.3, 0.4) is 0 Å². The second-order valence-corrected chi connectivity index (χ2v) is 5.64. The van der Waals surface area contributed by atoms with Crippen LogP contribution in [0, 0.1) is 6.92 Å². The second kappa shape index (κ2) is 8.96. The highest BCUT2D eigenvalue weighted by molar-refractivity contribution is 6.06. The van der Waals surface area contributed by atoms with Gasteiger partial charge in [0.25, 0.3) is 5.91 Å². The third kappa shape index (κ3) is 5.14. The fraction of sp³-hybridized carbons (Fsp3) is 0.263. The normalized spacial score (nSPS) is 11.6. The van der Waals surface area contributed by atoms with Crippen LogP contribution in [0.4, 0.5) is 11.4 Å². The van der Waals surface area contributed by atoms with Crippen LogP contribution in [0.15, 0.2) is 48.5 Å². The molecule has 1 unspecified atom stereocenters. The second-order valence-electron chi connectivity index (χ2n) is 5.64. The number of carbonyl (C=O) groups excluding carboxylic acids is 2. The van der Waals surface area contributed by atoms with E-state index < -0.39 is 0 Å². The Kier molecular flexibility index (Phi) is 6.68. The van der Waals surface area contributed by atoms with Gasteiger partial charge < -0.3 is 21.1 Å². The zero-order valence-electron chi connectivity index (χ0n) is 14.4. The predicted molar refractivity (Wildman–Crippen MR) is 98.7 cm³/mol. The fourth-order valence-corrected chi connectivity index (χ4v) is 2.41. The van der Waals surface area contributed by atoms with Crippen molar-refractivity contribution in [2.24, 2.45) is 5.73 Å². The first kappa shape index (κ1) is 18.6. The number of ether oxygens (including phenoxy) is 1. The van der Waals surface area contributed by atoms with Crippen molar-refractivity contribution >= 4 is 23.2 Å². The number of carbonyl (C=O) groups is 2. The number of nitrogens with two attached hydrogens (primary N) is 1. The third-order valence-corrected chi connectivity index (χ3v) is 3.89. The quantitative estimate of drug-likeness (QED) is 0.721. The summed E-state index contributed by atoms with van der Waals surface area (Å²) in [5, 5.41) is 5.66. The average Bonchev–Trinajstić information content (AvgIpc) is 2.62. The van der Waals surface area contributed by atoms with Gasteiger partial charge in [-0.1, -0.05) is 24.3 Å². The fourth-order valence-electron chi connectivity index (χ4n) is 2.41. The Morgan fingerprint density at radius 1 is 1.08 bits per heavy atom. The number of amides is 2. The van der Waals surface area contributed by atoms with E-state index in [1.807, 2.05) is 30.3 Å². The summed E-state index contributed by atoms with van der Waals surface area (Å²) in [5.41, 5.74) is 8.05. The van der Waals surface area contributed by atoms with Gasteiger partial charge in [0.1, 0.15) is 0 Å². The van der Waals surface area contributed by atoms with Gasteiger partial charge in [0, 0.05) is 30.6 Å². The Bertz CT molecular complexity index is 728. The van der Waals surface area contributed by atoms with Crippen LogP contribution in [0.1, 0.15) is 22.3 Å². The van der Waals surface area contributed by atoms with Crippen molar-refractivity contribution in [2.45, 2.75) is 19.4 Å². The number of rotatable bonds is 7. The SMILES string of the molecule is COC(CN)CC(=O)Nc1cccc(C(=O)Nc2ccccc2)c1C. The van der Waals surface area contributed by atoms with Crippen molar-refractivity contribution in [3.05, 3.63) is 59.7 Å². The number of nitrogens with one attached hydrogen (secondary N) is 2. The Morgan fingerprint density at radius 3 is 2.44 bits per heavy atom. The van der Waals surface area contributed by atoms with Gasteiger partial charge in [0.05, 0.1) is 12.5 Å². The highest BCUT2D eigenvalue weighted by Gasteiger charge is 2.15. The van der Waals surface area contributed by atoms with Crippen LogP contribution in [0.2, 0.25) is 0 Å². The first-order chi connectivity index (χ1) is 12.0. The number of hydrogen-bond donors (Lipinski definition) is 3. The van der Waals surface area contributed by atoms with Crippen LogP contribution in [0.5, 0.6) is 0 Å². The minimum atomic E-state index is -0.329. The van der Waals surface area contributed by atoms with Crippen LogP contribution >= 0.6 is 0 Å². The molecule has 2 aromatic carbocycles. The van der Waals surface area contributed by atoms with E-state index in [0.717, 1.165) is 0 Å². The predicted octanol–water partition coefficient (Wildman–Crippen LogP) is 2.55. The molecule has 2 rings (SSSR count). The Hall–Kier alpha value is -2.70. The molecular formula is C19H23N3O3. The molecule has 0 spiro atoms. The number of hydrogen-bond acceptors (Lipinski definition) is 4. The summed E-state index contributed by atoms with van der Waals surface area (Å²) >= 11 is 0. The third-order valence-electron chi connectivity index (χ3n) is 3.89. The first-order valence-corrected chi connectivity index (χ1v) is 8.04. The molecule has 0 aliphatic carbocycles. The van der Waals surface area contributed by atoms with Crippen molar-refractivity contribution in [1.29, 1.82) is 0 Å². The molecule has 0 fully saturated rings. The number of anilines is 2. The van der Waals surface area contributed by atoms with Gasteiger partial charge in [0.15, 0.2) is 0 Å². The van der Waals surface area contributed by atoms with Gasteiger partial charge >= 0.3 is 0 Å². The summed E-state index contributed by atoms with van der Waals surface area (Å²) in [5.74, 6) is -0.433. The van der Waals surface area contributed by atoms with Gasteiger partial charge in [-0.05, 0) is 36.8 Å². The number of para-hydroxylation sites is 1. The summed E-state index contributed by atoms with van der Waals surface area (Å²) in [6.07, 6.45) is -0.169. The maximum absolute atomic E-state index is 12.5. The van der Waals surface area contributed by atoms with E-state index in [4.69, 9.17) is 10.5 Å². The van der Waals surface area contributed by atoms with E-state index in [1.165, 1.54) is 7.11 Å². The van der Waals surface area contributed by atoms with Crippen LogP contribution in [-0.2, 0) is 9.53 Å². The molecule has 0 heterocycles. The zero-order valence-corrected chi connectivity index (χ0v) is 14.4. The van der Waals surface area contributed by atoms with E-state index in [9.17, 15) is 9.59 Å². The molecule has 25 heavy (non-hydrogen) atoms. The van der Waals surface area contributed by atoms with E-state index in [2.05, 4.69) is 10.6 Å². The van der Waals surface area contributed by atoms with Crippen molar-refractivity contribution in [2.75, 3.05) is 24.3 Å². The lowest BCUT2D eigenvalue weighted by molar-refractivity contribution is -0.118. The monoisotopic (exact) mass is 341 g/mol. The maximum atomic E-state index is 12.5. The van der Waals surface area contributed by atoms with Crippen molar-refractivity contribution < 1.29 is 14.3 Å². The molecule has 2 amide bonds. The topological polar surface area (TPSA) is 93.4 Å². The van der Waals surface area contributed by atoms with Gasteiger partial charge in [-0.3, -0.25) is 9.59 Å². The van der Waals surface area contributed by atoms with Crippen LogP contribution < -0.4 is 16.4 Å². The summed E-state index contributed by atoms with van der Waals surface area (Å²) in [7, 11) is 1.52. The molecule has 0 saturated carbocycles. The summed E-state index contributed by atoms with van der Waals surface area (Å²) in [6, 6.07) is 14.4. The van der Waals surface area contributed by atoms with Gasteiger partial charge in [-0.15, -0.1) is 0 Å².